The van der Waals surface area contributed by atoms with Crippen LogP contribution in [0.3, 0.4) is 0 Å². The van der Waals surface area contributed by atoms with Crippen molar-refractivity contribution in [3.63, 3.8) is 0 Å². The first-order chi connectivity index (χ1) is 7.86. The van der Waals surface area contributed by atoms with E-state index in [0.29, 0.717) is 16.5 Å². The van der Waals surface area contributed by atoms with E-state index >= 15 is 0 Å². The maximum atomic E-state index is 10.9. The molecule has 0 spiro atoms. The van der Waals surface area contributed by atoms with Crippen molar-refractivity contribution in [1.29, 1.82) is 0 Å². The van der Waals surface area contributed by atoms with Gasteiger partial charge in [0, 0.05) is 23.8 Å². The molecule has 1 aromatic carbocycles. The second-order valence-corrected chi connectivity index (χ2v) is 5.93. The molecular weight excluding hydrogens is 234 g/mol. The van der Waals surface area contributed by atoms with Crippen LogP contribution in [0, 0.1) is 0 Å². The molecule has 0 aromatic heterocycles. The molecule has 1 heterocycles. The van der Waals surface area contributed by atoms with Gasteiger partial charge < -0.3 is 4.90 Å². The van der Waals surface area contributed by atoms with Crippen LogP contribution in [0.5, 0.6) is 0 Å². The van der Waals surface area contributed by atoms with E-state index < -0.39 is 0 Å². The molecule has 17 heavy (non-hydrogen) atoms. The summed E-state index contributed by atoms with van der Waals surface area (Å²) in [6, 6.07) is 3.85. The van der Waals surface area contributed by atoms with Crippen LogP contribution in [0.4, 0.5) is 5.69 Å². The minimum absolute atomic E-state index is 0.123. The summed E-state index contributed by atoms with van der Waals surface area (Å²) in [6.45, 7) is 6.66. The summed E-state index contributed by atoms with van der Waals surface area (Å²) in [4.78, 5) is 13.2. The van der Waals surface area contributed by atoms with E-state index in [1.54, 1.807) is 0 Å². The smallest absolute Gasteiger partial charge is 0.151 e. The number of rotatable bonds is 1. The summed E-state index contributed by atoms with van der Waals surface area (Å²) in [7, 11) is 2.08. The van der Waals surface area contributed by atoms with Gasteiger partial charge >= 0.3 is 0 Å². The van der Waals surface area contributed by atoms with E-state index in [4.69, 9.17) is 11.6 Å². The predicted octanol–water partition coefficient (Wildman–Crippen LogP) is 3.87. The summed E-state index contributed by atoms with van der Waals surface area (Å²) < 4.78 is 0. The Labute approximate surface area is 108 Å². The molecule has 1 aromatic rings. The van der Waals surface area contributed by atoms with Crippen LogP contribution in [-0.4, -0.2) is 18.9 Å². The van der Waals surface area contributed by atoms with Gasteiger partial charge in [0.05, 0.1) is 5.02 Å². The first-order valence-electron chi connectivity index (χ1n) is 5.89. The normalized spacial score (nSPS) is 22.2. The molecule has 1 aliphatic heterocycles. The van der Waals surface area contributed by atoms with E-state index in [9.17, 15) is 4.79 Å². The summed E-state index contributed by atoms with van der Waals surface area (Å²) in [6.07, 6.45) is 1.91. The topological polar surface area (TPSA) is 20.3 Å². The lowest BCUT2D eigenvalue weighted by Crippen LogP contribution is -2.45. The number of hydrogen-bond donors (Lipinski definition) is 0. The van der Waals surface area contributed by atoms with Gasteiger partial charge in [-0.05, 0) is 43.9 Å². The summed E-state index contributed by atoms with van der Waals surface area (Å²) in [5.41, 5.74) is 3.08. The van der Waals surface area contributed by atoms with Crippen molar-refractivity contribution in [1.82, 2.24) is 0 Å². The Bertz CT molecular complexity index is 468. The van der Waals surface area contributed by atoms with E-state index in [1.165, 1.54) is 5.56 Å². The quantitative estimate of drug-likeness (QED) is 0.706. The van der Waals surface area contributed by atoms with Crippen LogP contribution in [0.2, 0.25) is 5.02 Å². The Balaban J connectivity index is 2.61. The number of fused-ring (bicyclic) bond motifs is 1. The zero-order chi connectivity index (χ0) is 12.8. The molecule has 0 amide bonds. The monoisotopic (exact) mass is 251 g/mol. The zero-order valence-electron chi connectivity index (χ0n) is 10.7. The second-order valence-electron chi connectivity index (χ2n) is 5.53. The lowest BCUT2D eigenvalue weighted by Gasteiger charge is -2.45. The van der Waals surface area contributed by atoms with Crippen LogP contribution in [0.1, 0.15) is 49.0 Å². The second kappa shape index (κ2) is 4.02. The standard InChI is InChI=1S/C14H18ClNO/c1-9-7-14(2,3)16(4)13-6-12(15)10(8-17)5-11(9)13/h5-6,8-9H,7H2,1-4H3/t9-/m1/s1. The molecule has 3 heteroatoms. The molecule has 1 atom stereocenters. The number of carbonyl (C=O) groups is 1. The minimum Gasteiger partial charge on any atom is -0.369 e. The van der Waals surface area contributed by atoms with Gasteiger partial charge in [0.25, 0.3) is 0 Å². The van der Waals surface area contributed by atoms with Gasteiger partial charge in [-0.1, -0.05) is 18.5 Å². The molecule has 0 fully saturated rings. The molecule has 0 unspecified atom stereocenters. The molecule has 92 valence electrons. The maximum absolute atomic E-state index is 10.9. The Morgan fingerprint density at radius 2 is 2.12 bits per heavy atom. The van der Waals surface area contributed by atoms with Crippen LogP contribution < -0.4 is 4.90 Å². The Kier molecular flexibility index (Phi) is 2.94. The van der Waals surface area contributed by atoms with Crippen LogP contribution >= 0.6 is 11.6 Å². The highest BCUT2D eigenvalue weighted by molar-refractivity contribution is 6.33. The first-order valence-corrected chi connectivity index (χ1v) is 6.27. The number of anilines is 1. The fourth-order valence-electron chi connectivity index (χ4n) is 2.69. The summed E-state index contributed by atoms with van der Waals surface area (Å²) >= 11 is 6.11. The van der Waals surface area contributed by atoms with Crippen molar-refractivity contribution in [3.05, 3.63) is 28.3 Å². The van der Waals surface area contributed by atoms with Gasteiger partial charge in [0.2, 0.25) is 0 Å². The highest BCUT2D eigenvalue weighted by Gasteiger charge is 2.34. The van der Waals surface area contributed by atoms with Crippen LogP contribution in [-0.2, 0) is 0 Å². The fraction of sp³-hybridized carbons (Fsp3) is 0.500. The molecule has 0 saturated carbocycles. The third kappa shape index (κ3) is 1.95. The molecule has 0 N–H and O–H groups in total. The molecule has 1 aliphatic rings. The molecule has 2 nitrogen and oxygen atoms in total. The molecule has 0 aliphatic carbocycles. The van der Waals surface area contributed by atoms with E-state index in [1.807, 2.05) is 12.1 Å². The van der Waals surface area contributed by atoms with Crippen LogP contribution in [0.25, 0.3) is 0 Å². The Hall–Kier alpha value is -1.02. The molecule has 2 rings (SSSR count). The Morgan fingerprint density at radius 1 is 1.47 bits per heavy atom. The van der Waals surface area contributed by atoms with Crippen molar-refractivity contribution in [3.8, 4) is 0 Å². The highest BCUT2D eigenvalue weighted by atomic mass is 35.5. The fourth-order valence-corrected chi connectivity index (χ4v) is 2.90. The molecular formula is C14H18ClNO. The number of benzene rings is 1. The summed E-state index contributed by atoms with van der Waals surface area (Å²) in [5.74, 6) is 0.451. The lowest BCUT2D eigenvalue weighted by atomic mass is 9.80. The molecule has 0 saturated heterocycles. The number of carbonyl (C=O) groups excluding carboxylic acids is 1. The van der Waals surface area contributed by atoms with E-state index in [2.05, 4.69) is 32.7 Å². The zero-order valence-corrected chi connectivity index (χ0v) is 11.5. The largest absolute Gasteiger partial charge is 0.369 e. The van der Waals surface area contributed by atoms with Gasteiger partial charge in [0.15, 0.2) is 6.29 Å². The molecule has 0 radical (unpaired) electrons. The SMILES string of the molecule is C[C@@H]1CC(C)(C)N(C)c2cc(Cl)c(C=O)cc21. The number of aldehydes is 1. The van der Waals surface area contributed by atoms with Crippen molar-refractivity contribution in [2.75, 3.05) is 11.9 Å². The van der Waals surface area contributed by atoms with Gasteiger partial charge in [-0.25, -0.2) is 0 Å². The average Bonchev–Trinajstić information content (AvgIpc) is 2.25. The van der Waals surface area contributed by atoms with Gasteiger partial charge in [0.1, 0.15) is 0 Å². The third-order valence-corrected chi connectivity index (χ3v) is 4.21. The summed E-state index contributed by atoms with van der Waals surface area (Å²) in [5, 5.41) is 0.538. The first kappa shape index (κ1) is 12.4. The van der Waals surface area contributed by atoms with E-state index in [0.717, 1.165) is 18.4 Å². The number of hydrogen-bond acceptors (Lipinski definition) is 2. The van der Waals surface area contributed by atoms with Crippen LogP contribution in [0.15, 0.2) is 12.1 Å². The number of halogens is 1. The van der Waals surface area contributed by atoms with Crippen molar-refractivity contribution in [2.45, 2.75) is 38.6 Å². The highest BCUT2D eigenvalue weighted by Crippen LogP contribution is 2.43. The predicted molar refractivity (Wildman–Crippen MR) is 72.4 cm³/mol. The van der Waals surface area contributed by atoms with Crippen molar-refractivity contribution < 1.29 is 4.79 Å². The van der Waals surface area contributed by atoms with Crippen molar-refractivity contribution >= 4 is 23.6 Å². The van der Waals surface area contributed by atoms with E-state index in [-0.39, 0.29) is 5.54 Å². The minimum atomic E-state index is 0.123. The van der Waals surface area contributed by atoms with Gasteiger partial charge in [-0.2, -0.15) is 0 Å². The van der Waals surface area contributed by atoms with Gasteiger partial charge in [-0.3, -0.25) is 4.79 Å². The number of nitrogens with zero attached hydrogens (tertiary/aromatic N) is 1. The third-order valence-electron chi connectivity index (χ3n) is 3.88. The molecule has 0 bridgehead atoms. The Morgan fingerprint density at radius 3 is 2.71 bits per heavy atom. The maximum Gasteiger partial charge on any atom is 0.151 e. The van der Waals surface area contributed by atoms with Gasteiger partial charge in [-0.15, -0.1) is 0 Å². The lowest BCUT2D eigenvalue weighted by molar-refractivity contribution is 0.112. The van der Waals surface area contributed by atoms with Crippen molar-refractivity contribution in [2.24, 2.45) is 0 Å². The average molecular weight is 252 g/mol.